The highest BCUT2D eigenvalue weighted by Gasteiger charge is 2.16. The Kier molecular flexibility index (Phi) is 4.18. The van der Waals surface area contributed by atoms with Gasteiger partial charge in [0.2, 0.25) is 5.88 Å². The molecule has 0 radical (unpaired) electrons. The van der Waals surface area contributed by atoms with Crippen molar-refractivity contribution in [2.45, 2.75) is 25.4 Å². The van der Waals surface area contributed by atoms with Crippen LogP contribution in [-0.4, -0.2) is 24.3 Å². The lowest BCUT2D eigenvalue weighted by atomic mass is 10.1. The second-order valence-corrected chi connectivity index (χ2v) is 4.27. The number of ether oxygens (including phenoxy) is 2. The normalized spacial score (nSPS) is 19.6. The molecule has 0 aliphatic carbocycles. The predicted molar refractivity (Wildman–Crippen MR) is 63.0 cm³/mol. The van der Waals surface area contributed by atoms with Crippen LogP contribution in [0.15, 0.2) is 12.3 Å². The van der Waals surface area contributed by atoms with Crippen molar-refractivity contribution in [3.05, 3.63) is 22.8 Å². The van der Waals surface area contributed by atoms with Crippen molar-refractivity contribution < 1.29 is 9.47 Å². The molecule has 1 saturated heterocycles. The van der Waals surface area contributed by atoms with Crippen molar-refractivity contribution in [1.29, 1.82) is 5.26 Å². The summed E-state index contributed by atoms with van der Waals surface area (Å²) < 4.78 is 11.0. The number of nitrogens with zero attached hydrogens (tertiary/aromatic N) is 2. The van der Waals surface area contributed by atoms with Gasteiger partial charge in [-0.2, -0.15) is 5.26 Å². The molecule has 0 saturated carbocycles. The van der Waals surface area contributed by atoms with Gasteiger partial charge in [0.05, 0.1) is 11.7 Å². The molecule has 0 aromatic carbocycles. The molecular formula is C12H13ClN2O2. The minimum absolute atomic E-state index is 0.104. The zero-order valence-corrected chi connectivity index (χ0v) is 10.1. The highest BCUT2D eigenvalue weighted by Crippen LogP contribution is 2.25. The van der Waals surface area contributed by atoms with E-state index in [9.17, 15) is 0 Å². The van der Waals surface area contributed by atoms with Crippen LogP contribution in [-0.2, 0) is 4.74 Å². The van der Waals surface area contributed by atoms with Gasteiger partial charge in [-0.25, -0.2) is 4.98 Å². The van der Waals surface area contributed by atoms with Gasteiger partial charge in [-0.1, -0.05) is 11.6 Å². The lowest BCUT2D eigenvalue weighted by Gasteiger charge is -2.22. The molecule has 0 amide bonds. The molecule has 0 bridgehead atoms. The van der Waals surface area contributed by atoms with Crippen molar-refractivity contribution in [2.24, 2.45) is 0 Å². The molecule has 17 heavy (non-hydrogen) atoms. The van der Waals surface area contributed by atoms with Crippen LogP contribution in [0.4, 0.5) is 0 Å². The third-order valence-electron chi connectivity index (χ3n) is 2.66. The predicted octanol–water partition coefficient (Wildman–Crippen LogP) is 2.55. The van der Waals surface area contributed by atoms with Gasteiger partial charge in [-0.3, -0.25) is 0 Å². The summed E-state index contributed by atoms with van der Waals surface area (Å²) in [7, 11) is 0. The summed E-state index contributed by atoms with van der Waals surface area (Å²) in [4.78, 5) is 4.01. The molecule has 1 unspecified atom stereocenters. The fourth-order valence-corrected chi connectivity index (χ4v) is 1.93. The van der Waals surface area contributed by atoms with Crippen LogP contribution in [0.25, 0.3) is 0 Å². The molecule has 4 nitrogen and oxygen atoms in total. The van der Waals surface area contributed by atoms with Crippen molar-refractivity contribution >= 4 is 11.6 Å². The van der Waals surface area contributed by atoms with E-state index >= 15 is 0 Å². The van der Waals surface area contributed by atoms with Crippen LogP contribution in [0.2, 0.25) is 5.02 Å². The van der Waals surface area contributed by atoms with Crippen LogP contribution >= 0.6 is 11.6 Å². The maximum atomic E-state index is 8.82. The molecular weight excluding hydrogens is 240 g/mol. The van der Waals surface area contributed by atoms with Gasteiger partial charge in [0.25, 0.3) is 0 Å². The monoisotopic (exact) mass is 252 g/mol. The van der Waals surface area contributed by atoms with Crippen molar-refractivity contribution in [3.63, 3.8) is 0 Å². The van der Waals surface area contributed by atoms with Gasteiger partial charge >= 0.3 is 0 Å². The molecule has 1 atom stereocenters. The number of hydrogen-bond donors (Lipinski definition) is 0. The van der Waals surface area contributed by atoms with Crippen molar-refractivity contribution in [1.82, 2.24) is 4.98 Å². The molecule has 1 fully saturated rings. The van der Waals surface area contributed by atoms with E-state index in [1.54, 1.807) is 6.07 Å². The molecule has 5 heteroatoms. The van der Waals surface area contributed by atoms with E-state index in [2.05, 4.69) is 4.98 Å². The molecule has 90 valence electrons. The quantitative estimate of drug-likeness (QED) is 0.830. The minimum atomic E-state index is 0.104. The van der Waals surface area contributed by atoms with Crippen LogP contribution in [0.1, 0.15) is 24.8 Å². The number of pyridine rings is 1. The fraction of sp³-hybridized carbons (Fsp3) is 0.500. The summed E-state index contributed by atoms with van der Waals surface area (Å²) in [5, 5.41) is 9.09. The average Bonchev–Trinajstić information content (AvgIpc) is 2.39. The summed E-state index contributed by atoms with van der Waals surface area (Å²) in [6, 6.07) is 3.55. The van der Waals surface area contributed by atoms with E-state index < -0.39 is 0 Å². The van der Waals surface area contributed by atoms with E-state index in [0.29, 0.717) is 18.1 Å². The highest BCUT2D eigenvalue weighted by molar-refractivity contribution is 6.32. The van der Waals surface area contributed by atoms with Gasteiger partial charge in [0.1, 0.15) is 17.7 Å². The van der Waals surface area contributed by atoms with E-state index in [0.717, 1.165) is 25.9 Å². The third kappa shape index (κ3) is 3.09. The van der Waals surface area contributed by atoms with Gasteiger partial charge in [-0.15, -0.1) is 0 Å². The third-order valence-corrected chi connectivity index (χ3v) is 3.02. The smallest absolute Gasteiger partial charge is 0.234 e. The van der Waals surface area contributed by atoms with Crippen molar-refractivity contribution in [2.75, 3.05) is 13.2 Å². The Balaban J connectivity index is 1.96. The Labute approximate surface area is 105 Å². The average molecular weight is 253 g/mol. The largest absolute Gasteiger partial charge is 0.474 e. The number of aromatic nitrogens is 1. The fourth-order valence-electron chi connectivity index (χ4n) is 1.72. The second kappa shape index (κ2) is 5.85. The molecule has 0 spiro atoms. The zero-order valence-electron chi connectivity index (χ0n) is 9.36. The molecule has 0 N–H and O–H groups in total. The van der Waals surface area contributed by atoms with Crippen molar-refractivity contribution in [3.8, 4) is 11.9 Å². The number of nitriles is 1. The van der Waals surface area contributed by atoms with Crippen LogP contribution < -0.4 is 4.74 Å². The Morgan fingerprint density at radius 3 is 3.18 bits per heavy atom. The first kappa shape index (κ1) is 12.2. The van der Waals surface area contributed by atoms with E-state index in [1.807, 2.05) is 6.07 Å². The summed E-state index contributed by atoms with van der Waals surface area (Å²) in [5.74, 6) is 0.305. The maximum Gasteiger partial charge on any atom is 0.234 e. The topological polar surface area (TPSA) is 55.1 Å². The van der Waals surface area contributed by atoms with E-state index in [4.69, 9.17) is 26.3 Å². The standard InChI is InChI=1S/C12H13ClN2O2/c13-11-9(7-14)4-5-15-12(11)17-8-10-3-1-2-6-16-10/h4-5,10H,1-3,6,8H2. The zero-order chi connectivity index (χ0) is 12.1. The number of hydrogen-bond acceptors (Lipinski definition) is 4. The Hall–Kier alpha value is -1.31. The number of rotatable bonds is 3. The molecule has 2 heterocycles. The first-order valence-electron chi connectivity index (χ1n) is 5.60. The lowest BCUT2D eigenvalue weighted by Crippen LogP contribution is -2.26. The lowest BCUT2D eigenvalue weighted by molar-refractivity contribution is -0.0119. The van der Waals surface area contributed by atoms with Gasteiger partial charge in [0.15, 0.2) is 0 Å². The molecule has 2 rings (SSSR count). The molecule has 1 aromatic heterocycles. The number of halogens is 1. The molecule has 1 aliphatic rings. The van der Waals surface area contributed by atoms with Crippen LogP contribution in [0, 0.1) is 11.3 Å². The first-order chi connectivity index (χ1) is 8.31. The molecule has 1 aliphatic heterocycles. The van der Waals surface area contributed by atoms with E-state index in [-0.39, 0.29) is 11.1 Å². The van der Waals surface area contributed by atoms with Gasteiger partial charge in [0, 0.05) is 12.8 Å². The van der Waals surface area contributed by atoms with Gasteiger partial charge < -0.3 is 9.47 Å². The van der Waals surface area contributed by atoms with Gasteiger partial charge in [-0.05, 0) is 25.3 Å². The Morgan fingerprint density at radius 1 is 1.59 bits per heavy atom. The van der Waals surface area contributed by atoms with E-state index in [1.165, 1.54) is 6.20 Å². The summed E-state index contributed by atoms with van der Waals surface area (Å²) in [5.41, 5.74) is 0.376. The Bertz CT molecular complexity index is 425. The summed E-state index contributed by atoms with van der Waals surface area (Å²) in [6.07, 6.45) is 4.89. The summed E-state index contributed by atoms with van der Waals surface area (Å²) >= 11 is 5.98. The maximum absolute atomic E-state index is 8.82. The van der Waals surface area contributed by atoms with Crippen LogP contribution in [0.5, 0.6) is 5.88 Å². The SMILES string of the molecule is N#Cc1ccnc(OCC2CCCCO2)c1Cl. The Morgan fingerprint density at radius 2 is 2.47 bits per heavy atom. The summed E-state index contributed by atoms with van der Waals surface area (Å²) in [6.45, 7) is 1.22. The highest BCUT2D eigenvalue weighted by atomic mass is 35.5. The second-order valence-electron chi connectivity index (χ2n) is 3.89. The molecule has 1 aromatic rings. The first-order valence-corrected chi connectivity index (χ1v) is 5.98. The van der Waals surface area contributed by atoms with Crippen LogP contribution in [0.3, 0.4) is 0 Å². The minimum Gasteiger partial charge on any atom is -0.474 e.